The maximum absolute atomic E-state index is 5.74. The van der Waals surface area contributed by atoms with Crippen LogP contribution in [0, 0.1) is 0 Å². The van der Waals surface area contributed by atoms with Gasteiger partial charge >= 0.3 is 0 Å². The van der Waals surface area contributed by atoms with Crippen LogP contribution < -0.4 is 0 Å². The monoisotopic (exact) mass is 901 g/mol. The summed E-state index contributed by atoms with van der Waals surface area (Å²) in [6.07, 6.45) is 0. The zero-order chi connectivity index (χ0) is 46.8. The Hall–Kier alpha value is -9.44. The van der Waals surface area contributed by atoms with Crippen LogP contribution in [0.15, 0.2) is 261 Å². The number of hydrogen-bond acceptors (Lipinski definition) is 2. The van der Waals surface area contributed by atoms with Crippen molar-refractivity contribution >= 4 is 64.8 Å². The Balaban J connectivity index is 1.05. The summed E-state index contributed by atoms with van der Waals surface area (Å²) in [6, 6.07) is 94.2. The van der Waals surface area contributed by atoms with E-state index in [2.05, 4.69) is 265 Å². The van der Waals surface area contributed by atoms with Crippen LogP contribution in [-0.4, -0.2) is 14.5 Å². The van der Waals surface area contributed by atoms with Gasteiger partial charge in [-0.3, -0.25) is 4.57 Å². The fourth-order valence-electron chi connectivity index (χ4n) is 11.1. The normalized spacial score (nSPS) is 11.7. The molecule has 14 aromatic rings. The first-order valence-corrected chi connectivity index (χ1v) is 24.3. The minimum atomic E-state index is 0.884. The van der Waals surface area contributed by atoms with Crippen molar-refractivity contribution in [2.75, 3.05) is 0 Å². The van der Waals surface area contributed by atoms with Crippen LogP contribution in [0.2, 0.25) is 0 Å². The van der Waals surface area contributed by atoms with Crippen molar-refractivity contribution in [2.45, 2.75) is 0 Å². The molecule has 0 aliphatic heterocycles. The lowest BCUT2D eigenvalue weighted by Crippen LogP contribution is -2.00. The second-order valence-electron chi connectivity index (χ2n) is 18.4. The fourth-order valence-corrected chi connectivity index (χ4v) is 11.1. The van der Waals surface area contributed by atoms with Gasteiger partial charge in [-0.25, -0.2) is 9.97 Å². The van der Waals surface area contributed by atoms with Crippen LogP contribution in [0.25, 0.3) is 138 Å². The summed E-state index contributed by atoms with van der Waals surface area (Å²) in [4.78, 5) is 11.2. The second kappa shape index (κ2) is 16.7. The minimum absolute atomic E-state index is 0.884. The van der Waals surface area contributed by atoms with Crippen molar-refractivity contribution in [3.8, 4) is 73.1 Å². The van der Waals surface area contributed by atoms with Crippen LogP contribution >= 0.6 is 0 Å². The molecule has 0 radical (unpaired) electrons. The van der Waals surface area contributed by atoms with E-state index in [0.717, 1.165) is 78.3 Å². The summed E-state index contributed by atoms with van der Waals surface area (Å²) in [6.45, 7) is 0. The molecule has 3 heteroatoms. The number of pyridine rings is 1. The van der Waals surface area contributed by atoms with Crippen molar-refractivity contribution in [2.24, 2.45) is 0 Å². The fraction of sp³-hybridized carbons (Fsp3) is 0. The quantitative estimate of drug-likeness (QED) is 0.149. The van der Waals surface area contributed by atoms with Gasteiger partial charge in [0.05, 0.1) is 22.6 Å². The molecule has 14 rings (SSSR count). The predicted octanol–water partition coefficient (Wildman–Crippen LogP) is 18.2. The molecule has 0 unspecified atom stereocenters. The lowest BCUT2D eigenvalue weighted by atomic mass is 9.87. The van der Waals surface area contributed by atoms with Crippen molar-refractivity contribution < 1.29 is 0 Å². The van der Waals surface area contributed by atoms with Gasteiger partial charge in [0.15, 0.2) is 0 Å². The Kier molecular flexibility index (Phi) is 9.53. The molecule has 2 heterocycles. The Morgan fingerprint density at radius 3 is 1.32 bits per heavy atom. The maximum atomic E-state index is 5.74. The summed E-state index contributed by atoms with van der Waals surface area (Å²) in [5.74, 6) is 0.884. The van der Waals surface area contributed by atoms with Crippen LogP contribution in [0.5, 0.6) is 0 Å². The highest BCUT2D eigenvalue weighted by atomic mass is 15.1. The van der Waals surface area contributed by atoms with Crippen LogP contribution in [-0.2, 0) is 0 Å². The van der Waals surface area contributed by atoms with E-state index in [-0.39, 0.29) is 0 Å². The molecule has 0 amide bonds. The van der Waals surface area contributed by atoms with Crippen molar-refractivity contribution in [3.63, 3.8) is 0 Å². The molecule has 0 aliphatic rings. The average Bonchev–Trinajstić information content (AvgIpc) is 3.86. The molecular formula is C68H43N3. The first kappa shape index (κ1) is 40.6. The predicted molar refractivity (Wildman–Crippen MR) is 299 cm³/mol. The Morgan fingerprint density at radius 2 is 0.718 bits per heavy atom. The van der Waals surface area contributed by atoms with E-state index < -0.39 is 0 Å². The van der Waals surface area contributed by atoms with E-state index in [1.807, 2.05) is 0 Å². The molecule has 0 saturated carbocycles. The highest BCUT2D eigenvalue weighted by Gasteiger charge is 2.24. The topological polar surface area (TPSA) is 30.7 Å². The molecule has 2 aromatic heterocycles. The number of fused-ring (bicyclic) bond motifs is 9. The summed E-state index contributed by atoms with van der Waals surface area (Å²) >= 11 is 0. The lowest BCUT2D eigenvalue weighted by molar-refractivity contribution is 1.07. The molecule has 0 atom stereocenters. The molecule has 330 valence electrons. The zero-order valence-electron chi connectivity index (χ0n) is 38.7. The van der Waals surface area contributed by atoms with E-state index in [4.69, 9.17) is 9.97 Å². The number of benzene rings is 12. The molecule has 0 aliphatic carbocycles. The third-order valence-electron chi connectivity index (χ3n) is 14.4. The number of aromatic nitrogens is 3. The van der Waals surface area contributed by atoms with Gasteiger partial charge in [-0.05, 0) is 107 Å². The van der Waals surface area contributed by atoms with Crippen LogP contribution in [0.1, 0.15) is 0 Å². The van der Waals surface area contributed by atoms with Gasteiger partial charge < -0.3 is 0 Å². The highest BCUT2D eigenvalue weighted by Crippen LogP contribution is 2.46. The molecule has 3 nitrogen and oxygen atoms in total. The third-order valence-corrected chi connectivity index (χ3v) is 14.4. The molecule has 0 saturated heterocycles. The Bertz CT molecular complexity index is 4370. The Morgan fingerprint density at radius 1 is 0.268 bits per heavy atom. The zero-order valence-corrected chi connectivity index (χ0v) is 38.7. The average molecular weight is 902 g/mol. The van der Waals surface area contributed by atoms with Gasteiger partial charge in [-0.1, -0.05) is 224 Å². The lowest BCUT2D eigenvalue weighted by Gasteiger charge is -2.19. The molecular weight excluding hydrogens is 859 g/mol. The van der Waals surface area contributed by atoms with E-state index in [1.165, 1.54) is 59.6 Å². The molecule has 71 heavy (non-hydrogen) atoms. The minimum Gasteiger partial charge on any atom is -0.292 e. The molecule has 0 fully saturated rings. The van der Waals surface area contributed by atoms with Crippen molar-refractivity contribution in [1.29, 1.82) is 0 Å². The van der Waals surface area contributed by atoms with Crippen molar-refractivity contribution in [3.05, 3.63) is 261 Å². The van der Waals surface area contributed by atoms with E-state index >= 15 is 0 Å². The second-order valence-corrected chi connectivity index (χ2v) is 18.4. The van der Waals surface area contributed by atoms with Crippen LogP contribution in [0.4, 0.5) is 0 Å². The number of nitrogens with zero attached hydrogens (tertiary/aromatic N) is 3. The number of rotatable bonds is 7. The number of hydrogen-bond donors (Lipinski definition) is 0. The number of imidazole rings is 1. The van der Waals surface area contributed by atoms with Crippen LogP contribution in [0.3, 0.4) is 0 Å². The van der Waals surface area contributed by atoms with E-state index in [1.54, 1.807) is 0 Å². The molecule has 12 aromatic carbocycles. The first-order chi connectivity index (χ1) is 35.2. The Labute approximate surface area is 411 Å². The van der Waals surface area contributed by atoms with E-state index in [9.17, 15) is 0 Å². The van der Waals surface area contributed by atoms with E-state index in [0.29, 0.717) is 0 Å². The van der Waals surface area contributed by atoms with Gasteiger partial charge in [-0.15, -0.1) is 0 Å². The van der Waals surface area contributed by atoms with Gasteiger partial charge in [0, 0.05) is 38.7 Å². The molecule has 0 N–H and O–H groups in total. The standard InChI is InChI=1S/C68H43N3/c1-4-20-45(21-5-1)65-67(46-22-6-2-7-23-46)71(68(70-65)47-24-8-3-9-25-47)50-38-36-44(37-39-50)59-43-64(62-41-49-27-11-13-29-52(49)54-31-15-17-33-56(54)62)69-66-58-35-19-18-34-57(58)61(42-63(59)66)60-40-48-26-10-12-28-51(48)53-30-14-16-32-55(53)60/h1-43H. The highest BCUT2D eigenvalue weighted by molar-refractivity contribution is 6.22. The van der Waals surface area contributed by atoms with Gasteiger partial charge in [-0.2, -0.15) is 0 Å². The summed E-state index contributed by atoms with van der Waals surface area (Å²) in [5.41, 5.74) is 13.8. The summed E-state index contributed by atoms with van der Waals surface area (Å²) in [5, 5.41) is 13.2. The van der Waals surface area contributed by atoms with Crippen molar-refractivity contribution in [1.82, 2.24) is 14.5 Å². The SMILES string of the molecule is c1ccc(-c2nc(-c3ccccc3)n(-c3ccc(-c4cc(-c5cc6ccccc6c6ccccc56)nc5c4cc(-c4cc6ccccc6c6ccccc46)c4ccccc45)cc3)c2-c2ccccc2)cc1. The summed E-state index contributed by atoms with van der Waals surface area (Å²) < 4.78 is 2.34. The largest absolute Gasteiger partial charge is 0.292 e. The smallest absolute Gasteiger partial charge is 0.145 e. The first-order valence-electron chi connectivity index (χ1n) is 24.3. The van der Waals surface area contributed by atoms with Gasteiger partial charge in [0.1, 0.15) is 5.82 Å². The molecule has 0 spiro atoms. The van der Waals surface area contributed by atoms with Gasteiger partial charge in [0.2, 0.25) is 0 Å². The van der Waals surface area contributed by atoms with Gasteiger partial charge in [0.25, 0.3) is 0 Å². The molecule has 0 bridgehead atoms. The summed E-state index contributed by atoms with van der Waals surface area (Å²) in [7, 11) is 0. The maximum Gasteiger partial charge on any atom is 0.145 e. The third kappa shape index (κ3) is 6.74.